The average Bonchev–Trinajstić information content (AvgIpc) is 2.05. The zero-order valence-corrected chi connectivity index (χ0v) is 10.0. The Morgan fingerprint density at radius 2 is 2.00 bits per heavy atom. The van der Waals surface area contributed by atoms with Gasteiger partial charge < -0.3 is 0 Å². The number of Topliss-reactive ketones (excluding diaryl/α,β-unsaturated/α-hetero) is 1. The van der Waals surface area contributed by atoms with Crippen molar-refractivity contribution in [3.8, 4) is 0 Å². The maximum Gasteiger partial charge on any atom is 0.139 e. The first kappa shape index (κ1) is 11.9. The lowest BCUT2D eigenvalue weighted by atomic mass is 9.89. The summed E-state index contributed by atoms with van der Waals surface area (Å²) >= 11 is 0. The van der Waals surface area contributed by atoms with E-state index in [0.717, 1.165) is 11.3 Å². The summed E-state index contributed by atoms with van der Waals surface area (Å²) in [6.07, 6.45) is 2.87. The van der Waals surface area contributed by atoms with Gasteiger partial charge in [0.2, 0.25) is 0 Å². The lowest BCUT2D eigenvalue weighted by Crippen LogP contribution is -2.15. The monoisotopic (exact) mass is 205 g/mol. The Balaban J connectivity index is 2.55. The van der Waals surface area contributed by atoms with Crippen LogP contribution in [0.15, 0.2) is 18.3 Å². The van der Waals surface area contributed by atoms with Crippen LogP contribution in [0, 0.1) is 12.3 Å². The summed E-state index contributed by atoms with van der Waals surface area (Å²) in [7, 11) is 0. The number of hydrogen-bond acceptors (Lipinski definition) is 2. The molecule has 0 unspecified atom stereocenters. The quantitative estimate of drug-likeness (QED) is 0.759. The Labute approximate surface area is 91.7 Å². The fraction of sp³-hybridized carbons (Fsp3) is 0.538. The molecule has 0 N–H and O–H groups in total. The van der Waals surface area contributed by atoms with Crippen molar-refractivity contribution < 1.29 is 4.79 Å². The van der Waals surface area contributed by atoms with Crippen LogP contribution >= 0.6 is 0 Å². The number of pyridine rings is 1. The molecular weight excluding hydrogens is 186 g/mol. The minimum atomic E-state index is 0.0712. The second-order valence-electron chi connectivity index (χ2n) is 5.28. The van der Waals surface area contributed by atoms with Crippen LogP contribution in [0.4, 0.5) is 0 Å². The van der Waals surface area contributed by atoms with Crippen LogP contribution in [0.2, 0.25) is 0 Å². The third-order valence-corrected chi connectivity index (χ3v) is 2.08. The highest BCUT2D eigenvalue weighted by Gasteiger charge is 2.16. The van der Waals surface area contributed by atoms with Crippen molar-refractivity contribution in [1.29, 1.82) is 0 Å². The number of ketones is 1. The number of aromatic nitrogens is 1. The molecule has 1 rings (SSSR count). The van der Waals surface area contributed by atoms with Crippen LogP contribution in [-0.4, -0.2) is 10.8 Å². The molecule has 1 heterocycles. The molecule has 0 spiro atoms. The molecule has 1 aromatic heterocycles. The molecule has 0 fully saturated rings. The maximum atomic E-state index is 11.7. The Bertz CT molecular complexity index is 333. The molecule has 0 saturated heterocycles. The molecule has 0 saturated carbocycles. The lowest BCUT2D eigenvalue weighted by molar-refractivity contribution is -0.120. The molecule has 0 aliphatic rings. The van der Waals surface area contributed by atoms with Gasteiger partial charge in [-0.3, -0.25) is 9.78 Å². The van der Waals surface area contributed by atoms with Gasteiger partial charge in [0, 0.05) is 24.7 Å². The van der Waals surface area contributed by atoms with E-state index in [1.165, 1.54) is 0 Å². The molecule has 0 aliphatic heterocycles. The summed E-state index contributed by atoms with van der Waals surface area (Å²) in [4.78, 5) is 15.9. The summed E-state index contributed by atoms with van der Waals surface area (Å²) in [5, 5.41) is 0. The fourth-order valence-electron chi connectivity index (χ4n) is 1.46. The molecule has 1 aromatic rings. The van der Waals surface area contributed by atoms with Crippen molar-refractivity contribution in [3.63, 3.8) is 0 Å². The highest BCUT2D eigenvalue weighted by Crippen LogP contribution is 2.19. The van der Waals surface area contributed by atoms with E-state index >= 15 is 0 Å². The minimum Gasteiger partial charge on any atom is -0.299 e. The fourth-order valence-corrected chi connectivity index (χ4v) is 1.46. The Hall–Kier alpha value is -1.18. The molecule has 2 heteroatoms. The van der Waals surface area contributed by atoms with Gasteiger partial charge in [-0.05, 0) is 24.0 Å². The minimum absolute atomic E-state index is 0.0712. The van der Waals surface area contributed by atoms with Crippen LogP contribution in [0.25, 0.3) is 0 Å². The lowest BCUT2D eigenvalue weighted by Gasteiger charge is -2.16. The van der Waals surface area contributed by atoms with Crippen molar-refractivity contribution in [1.82, 2.24) is 4.98 Å². The molecule has 15 heavy (non-hydrogen) atoms. The van der Waals surface area contributed by atoms with Gasteiger partial charge in [0.05, 0.1) is 0 Å². The van der Waals surface area contributed by atoms with Crippen molar-refractivity contribution in [3.05, 3.63) is 29.6 Å². The standard InChI is InChI=1S/C13H19NO/c1-10-5-6-11(14-9-10)7-12(15)8-13(2,3)4/h5-6,9H,7-8H2,1-4H3. The molecule has 0 radical (unpaired) electrons. The number of nitrogens with zero attached hydrogens (tertiary/aromatic N) is 1. The van der Waals surface area contributed by atoms with E-state index in [9.17, 15) is 4.79 Å². The van der Waals surface area contributed by atoms with Crippen molar-refractivity contribution in [2.75, 3.05) is 0 Å². The third kappa shape index (κ3) is 4.73. The summed E-state index contributed by atoms with van der Waals surface area (Å²) in [6, 6.07) is 3.92. The summed E-state index contributed by atoms with van der Waals surface area (Å²) in [6.45, 7) is 8.22. The molecule has 2 nitrogen and oxygen atoms in total. The topological polar surface area (TPSA) is 30.0 Å². The van der Waals surface area contributed by atoms with Gasteiger partial charge in [-0.15, -0.1) is 0 Å². The number of rotatable bonds is 3. The van der Waals surface area contributed by atoms with Crippen LogP contribution < -0.4 is 0 Å². The predicted octanol–water partition coefficient (Wildman–Crippen LogP) is 2.94. The number of aryl methyl sites for hydroxylation is 1. The predicted molar refractivity (Wildman–Crippen MR) is 61.8 cm³/mol. The Morgan fingerprint density at radius 1 is 1.33 bits per heavy atom. The van der Waals surface area contributed by atoms with Gasteiger partial charge in [-0.2, -0.15) is 0 Å². The largest absolute Gasteiger partial charge is 0.299 e. The van der Waals surface area contributed by atoms with Crippen molar-refractivity contribution >= 4 is 5.78 Å². The average molecular weight is 205 g/mol. The second kappa shape index (κ2) is 4.56. The molecule has 0 amide bonds. The number of hydrogen-bond donors (Lipinski definition) is 0. The first-order valence-corrected chi connectivity index (χ1v) is 5.30. The molecule has 0 atom stereocenters. The van der Waals surface area contributed by atoms with Crippen molar-refractivity contribution in [2.24, 2.45) is 5.41 Å². The summed E-state index contributed by atoms with van der Waals surface area (Å²) in [5.41, 5.74) is 2.07. The van der Waals surface area contributed by atoms with Gasteiger partial charge in [0.1, 0.15) is 5.78 Å². The third-order valence-electron chi connectivity index (χ3n) is 2.08. The molecule has 0 aliphatic carbocycles. The second-order valence-corrected chi connectivity index (χ2v) is 5.28. The highest BCUT2D eigenvalue weighted by molar-refractivity contribution is 5.80. The van der Waals surface area contributed by atoms with E-state index in [4.69, 9.17) is 0 Å². The van der Waals surface area contributed by atoms with E-state index in [2.05, 4.69) is 25.8 Å². The molecule has 0 aromatic carbocycles. The number of carbonyl (C=O) groups excluding carboxylic acids is 1. The van der Waals surface area contributed by atoms with E-state index < -0.39 is 0 Å². The van der Waals surface area contributed by atoms with Crippen LogP contribution in [0.1, 0.15) is 38.4 Å². The van der Waals surface area contributed by atoms with E-state index in [-0.39, 0.29) is 11.2 Å². The molecular formula is C13H19NO. The zero-order chi connectivity index (χ0) is 11.5. The van der Waals surface area contributed by atoms with Gasteiger partial charge in [-0.1, -0.05) is 26.8 Å². The molecule has 82 valence electrons. The first-order chi connectivity index (χ1) is 6.87. The maximum absolute atomic E-state index is 11.7. The van der Waals surface area contributed by atoms with Crippen molar-refractivity contribution in [2.45, 2.75) is 40.5 Å². The SMILES string of the molecule is Cc1ccc(CC(=O)CC(C)(C)C)nc1. The zero-order valence-electron chi connectivity index (χ0n) is 10.0. The first-order valence-electron chi connectivity index (χ1n) is 5.30. The highest BCUT2D eigenvalue weighted by atomic mass is 16.1. The van der Waals surface area contributed by atoms with Gasteiger partial charge in [0.25, 0.3) is 0 Å². The normalized spacial score (nSPS) is 11.5. The Morgan fingerprint density at radius 3 is 2.47 bits per heavy atom. The Kier molecular flexibility index (Phi) is 3.61. The molecule has 0 bridgehead atoms. The van der Waals surface area contributed by atoms with E-state index in [1.54, 1.807) is 6.20 Å². The van der Waals surface area contributed by atoms with Gasteiger partial charge >= 0.3 is 0 Å². The summed E-state index contributed by atoms with van der Waals surface area (Å²) < 4.78 is 0. The number of carbonyl (C=O) groups is 1. The van der Waals surface area contributed by atoms with Crippen LogP contribution in [-0.2, 0) is 11.2 Å². The van der Waals surface area contributed by atoms with E-state index in [0.29, 0.717) is 12.8 Å². The summed E-state index contributed by atoms with van der Waals surface area (Å²) in [5.74, 6) is 0.263. The van der Waals surface area contributed by atoms with Crippen LogP contribution in [0.3, 0.4) is 0 Å². The smallest absolute Gasteiger partial charge is 0.139 e. The van der Waals surface area contributed by atoms with Gasteiger partial charge in [0.15, 0.2) is 0 Å². The van der Waals surface area contributed by atoms with E-state index in [1.807, 2.05) is 19.1 Å². The van der Waals surface area contributed by atoms with Crippen LogP contribution in [0.5, 0.6) is 0 Å². The van der Waals surface area contributed by atoms with Gasteiger partial charge in [-0.25, -0.2) is 0 Å².